The van der Waals surface area contributed by atoms with Crippen molar-refractivity contribution in [1.82, 2.24) is 9.78 Å². The van der Waals surface area contributed by atoms with Gasteiger partial charge in [-0.2, -0.15) is 5.10 Å². The molecule has 3 atom stereocenters. The van der Waals surface area contributed by atoms with E-state index in [2.05, 4.69) is 10.4 Å². The van der Waals surface area contributed by atoms with Gasteiger partial charge in [-0.15, -0.1) is 0 Å². The highest BCUT2D eigenvalue weighted by atomic mass is 16.4. The molecule has 0 bridgehead atoms. The van der Waals surface area contributed by atoms with Gasteiger partial charge in [0.05, 0.1) is 23.2 Å². The number of aliphatic carboxylic acids is 1. The molecule has 0 radical (unpaired) electrons. The Morgan fingerprint density at radius 1 is 1.45 bits per heavy atom. The van der Waals surface area contributed by atoms with Crippen LogP contribution in [0, 0.1) is 17.8 Å². The number of nitrogens with one attached hydrogen (secondary N) is 1. The fraction of sp³-hybridized carbons (Fsp3) is 0.643. The van der Waals surface area contributed by atoms with Gasteiger partial charge in [-0.05, 0) is 25.2 Å². The van der Waals surface area contributed by atoms with Crippen molar-refractivity contribution in [2.45, 2.75) is 33.1 Å². The van der Waals surface area contributed by atoms with E-state index >= 15 is 0 Å². The molecule has 1 aromatic rings. The summed E-state index contributed by atoms with van der Waals surface area (Å²) in [4.78, 5) is 23.6. The van der Waals surface area contributed by atoms with E-state index in [1.165, 1.54) is 0 Å². The minimum Gasteiger partial charge on any atom is -0.481 e. The number of carboxylic acid groups (broad SMARTS) is 1. The number of aryl methyl sites for hydroxylation is 2. The zero-order valence-corrected chi connectivity index (χ0v) is 12.1. The second-order valence-electron chi connectivity index (χ2n) is 5.63. The van der Waals surface area contributed by atoms with Crippen LogP contribution in [0.25, 0.3) is 0 Å². The van der Waals surface area contributed by atoms with Gasteiger partial charge >= 0.3 is 5.97 Å². The average molecular weight is 279 g/mol. The highest BCUT2D eigenvalue weighted by molar-refractivity contribution is 5.95. The van der Waals surface area contributed by atoms with Crippen molar-refractivity contribution in [3.8, 4) is 0 Å². The lowest BCUT2D eigenvalue weighted by Crippen LogP contribution is -2.30. The molecule has 1 heterocycles. The van der Waals surface area contributed by atoms with E-state index < -0.39 is 17.8 Å². The molecular formula is C14H21N3O3. The van der Waals surface area contributed by atoms with Crippen molar-refractivity contribution in [1.29, 1.82) is 0 Å². The fourth-order valence-electron chi connectivity index (χ4n) is 2.98. The maximum Gasteiger partial charge on any atom is 0.307 e. The van der Waals surface area contributed by atoms with Crippen LogP contribution in [0.2, 0.25) is 0 Å². The maximum absolute atomic E-state index is 12.3. The largest absolute Gasteiger partial charge is 0.481 e. The van der Waals surface area contributed by atoms with Crippen LogP contribution in [0.15, 0.2) is 6.20 Å². The Morgan fingerprint density at radius 2 is 2.10 bits per heavy atom. The monoisotopic (exact) mass is 279 g/mol. The van der Waals surface area contributed by atoms with Gasteiger partial charge in [-0.25, -0.2) is 0 Å². The number of carbonyl (C=O) groups excluding carboxylic acids is 1. The molecule has 1 aliphatic rings. The molecule has 0 aromatic carbocycles. The number of nitrogens with zero attached hydrogens (tertiary/aromatic N) is 2. The Morgan fingerprint density at radius 3 is 2.70 bits per heavy atom. The lowest BCUT2D eigenvalue weighted by atomic mass is 9.95. The Bertz CT molecular complexity index is 524. The summed E-state index contributed by atoms with van der Waals surface area (Å²) in [5.41, 5.74) is 1.50. The first kappa shape index (κ1) is 14.6. The van der Waals surface area contributed by atoms with Crippen molar-refractivity contribution in [3.05, 3.63) is 11.9 Å². The molecule has 0 aliphatic heterocycles. The quantitative estimate of drug-likeness (QED) is 0.878. The number of aromatic nitrogens is 2. The summed E-state index contributed by atoms with van der Waals surface area (Å²) in [5, 5.41) is 16.3. The van der Waals surface area contributed by atoms with Crippen LogP contribution in [0.3, 0.4) is 0 Å². The van der Waals surface area contributed by atoms with Crippen LogP contribution in [0.4, 0.5) is 5.69 Å². The first-order valence-corrected chi connectivity index (χ1v) is 6.98. The summed E-state index contributed by atoms with van der Waals surface area (Å²) in [6.45, 7) is 3.96. The van der Waals surface area contributed by atoms with Crippen LogP contribution in [-0.4, -0.2) is 26.8 Å². The third kappa shape index (κ3) is 2.84. The molecule has 20 heavy (non-hydrogen) atoms. The average Bonchev–Trinajstić information content (AvgIpc) is 2.92. The molecule has 0 saturated heterocycles. The number of hydrogen-bond acceptors (Lipinski definition) is 3. The lowest BCUT2D eigenvalue weighted by molar-refractivity contribution is -0.145. The van der Waals surface area contributed by atoms with Gasteiger partial charge < -0.3 is 10.4 Å². The van der Waals surface area contributed by atoms with Crippen molar-refractivity contribution in [3.63, 3.8) is 0 Å². The van der Waals surface area contributed by atoms with E-state index in [4.69, 9.17) is 0 Å². The molecule has 6 heteroatoms. The maximum atomic E-state index is 12.3. The smallest absolute Gasteiger partial charge is 0.307 e. The van der Waals surface area contributed by atoms with Crippen LogP contribution in [0.1, 0.15) is 32.4 Å². The molecular weight excluding hydrogens is 258 g/mol. The van der Waals surface area contributed by atoms with Gasteiger partial charge in [0, 0.05) is 13.2 Å². The Balaban J connectivity index is 2.13. The van der Waals surface area contributed by atoms with E-state index in [9.17, 15) is 14.7 Å². The van der Waals surface area contributed by atoms with E-state index in [-0.39, 0.29) is 11.8 Å². The molecule has 110 valence electrons. The molecule has 2 N–H and O–H groups in total. The standard InChI is InChI=1S/C14H21N3O3/c1-4-11-12(7-17(3)16-11)15-13(18)9-5-8(2)6-10(9)14(19)20/h7-10H,4-6H2,1-3H3,(H,15,18)(H,19,20)/t8?,9-,10+/m0/s1. The molecule has 1 fully saturated rings. The Labute approximate surface area is 118 Å². The van der Waals surface area contributed by atoms with Gasteiger partial charge in [0.15, 0.2) is 0 Å². The van der Waals surface area contributed by atoms with Crippen LogP contribution < -0.4 is 5.32 Å². The first-order chi connectivity index (χ1) is 9.42. The van der Waals surface area contributed by atoms with Crippen molar-refractivity contribution in [2.24, 2.45) is 24.8 Å². The second kappa shape index (κ2) is 5.64. The summed E-state index contributed by atoms with van der Waals surface area (Å²) in [5.74, 6) is -1.84. The number of carboxylic acids is 1. The third-order valence-corrected chi connectivity index (χ3v) is 3.95. The first-order valence-electron chi connectivity index (χ1n) is 6.98. The minimum atomic E-state index is -0.878. The molecule has 1 aliphatic carbocycles. The SMILES string of the molecule is CCc1nn(C)cc1NC(=O)[C@H]1CC(C)C[C@H]1C(=O)O. The summed E-state index contributed by atoms with van der Waals surface area (Å²) in [7, 11) is 1.80. The minimum absolute atomic E-state index is 0.204. The molecule has 1 saturated carbocycles. The normalized spacial score (nSPS) is 25.6. The Hall–Kier alpha value is -1.85. The third-order valence-electron chi connectivity index (χ3n) is 3.95. The summed E-state index contributed by atoms with van der Waals surface area (Å²) in [6, 6.07) is 0. The summed E-state index contributed by atoms with van der Waals surface area (Å²) in [6.07, 6.45) is 3.68. The topological polar surface area (TPSA) is 84.2 Å². The van der Waals surface area contributed by atoms with Crippen molar-refractivity contribution < 1.29 is 14.7 Å². The highest BCUT2D eigenvalue weighted by Gasteiger charge is 2.41. The van der Waals surface area contributed by atoms with E-state index in [1.807, 2.05) is 13.8 Å². The fourth-order valence-corrected chi connectivity index (χ4v) is 2.98. The van der Waals surface area contributed by atoms with Gasteiger partial charge in [0.25, 0.3) is 0 Å². The lowest BCUT2D eigenvalue weighted by Gasteiger charge is -2.15. The highest BCUT2D eigenvalue weighted by Crippen LogP contribution is 2.37. The summed E-state index contributed by atoms with van der Waals surface area (Å²) < 4.78 is 1.65. The molecule has 2 rings (SSSR count). The van der Waals surface area contributed by atoms with Gasteiger partial charge in [-0.1, -0.05) is 13.8 Å². The van der Waals surface area contributed by atoms with Gasteiger partial charge in [0.2, 0.25) is 5.91 Å². The predicted molar refractivity (Wildman–Crippen MR) is 74.2 cm³/mol. The molecule has 6 nitrogen and oxygen atoms in total. The Kier molecular flexibility index (Phi) is 4.11. The van der Waals surface area contributed by atoms with Crippen LogP contribution in [-0.2, 0) is 23.1 Å². The van der Waals surface area contributed by atoms with Crippen molar-refractivity contribution in [2.75, 3.05) is 5.32 Å². The number of amides is 1. The summed E-state index contributed by atoms with van der Waals surface area (Å²) >= 11 is 0. The van der Waals surface area contributed by atoms with Gasteiger partial charge in [-0.3, -0.25) is 14.3 Å². The molecule has 1 amide bonds. The number of hydrogen-bond donors (Lipinski definition) is 2. The van der Waals surface area contributed by atoms with E-state index in [0.717, 1.165) is 12.1 Å². The second-order valence-corrected chi connectivity index (χ2v) is 5.63. The zero-order chi connectivity index (χ0) is 14.9. The number of anilines is 1. The number of rotatable bonds is 4. The molecule has 0 spiro atoms. The van der Waals surface area contributed by atoms with E-state index in [0.29, 0.717) is 18.5 Å². The molecule has 1 unspecified atom stereocenters. The van der Waals surface area contributed by atoms with Crippen LogP contribution >= 0.6 is 0 Å². The van der Waals surface area contributed by atoms with Gasteiger partial charge in [0.1, 0.15) is 0 Å². The predicted octanol–water partition coefficient (Wildman–Crippen LogP) is 1.67. The van der Waals surface area contributed by atoms with E-state index in [1.54, 1.807) is 17.9 Å². The molecule has 1 aromatic heterocycles. The van der Waals surface area contributed by atoms with Crippen LogP contribution in [0.5, 0.6) is 0 Å². The van der Waals surface area contributed by atoms with Crippen molar-refractivity contribution >= 4 is 17.6 Å². The number of carbonyl (C=O) groups is 2. The zero-order valence-electron chi connectivity index (χ0n) is 12.1.